The van der Waals surface area contributed by atoms with Gasteiger partial charge in [0.15, 0.2) is 5.84 Å². The van der Waals surface area contributed by atoms with E-state index < -0.39 is 0 Å². The number of dihydropyridines is 1. The van der Waals surface area contributed by atoms with Crippen LogP contribution < -0.4 is 10.6 Å². The molecule has 4 heteroatoms. The first-order chi connectivity index (χ1) is 32.7. The average molecular weight is 847 g/mol. The summed E-state index contributed by atoms with van der Waals surface area (Å²) in [6, 6.07) is 90.3. The number of aliphatic imine (C=N–C) groups is 2. The molecule has 2 unspecified atom stereocenters. The lowest BCUT2D eigenvalue weighted by molar-refractivity contribution is 0.674. The molecule has 0 aromatic heterocycles. The van der Waals surface area contributed by atoms with E-state index in [0.29, 0.717) is 5.84 Å². The number of benzene rings is 9. The number of amidine groups is 2. The first-order valence-corrected chi connectivity index (χ1v) is 22.6. The van der Waals surface area contributed by atoms with E-state index in [1.807, 2.05) is 12.1 Å². The van der Waals surface area contributed by atoms with Crippen LogP contribution in [0.1, 0.15) is 56.7 Å². The molecular formula is C62H46N4. The Morgan fingerprint density at radius 3 is 1.35 bits per heavy atom. The van der Waals surface area contributed by atoms with Crippen molar-refractivity contribution in [3.63, 3.8) is 0 Å². The first-order valence-electron chi connectivity index (χ1n) is 22.6. The van der Waals surface area contributed by atoms with Gasteiger partial charge in [0.1, 0.15) is 12.0 Å². The summed E-state index contributed by atoms with van der Waals surface area (Å²) in [7, 11) is 0. The third kappa shape index (κ3) is 8.20. The van der Waals surface area contributed by atoms with Crippen molar-refractivity contribution < 1.29 is 0 Å². The molecule has 4 nitrogen and oxygen atoms in total. The van der Waals surface area contributed by atoms with Gasteiger partial charge in [0.2, 0.25) is 0 Å². The lowest BCUT2D eigenvalue weighted by Crippen LogP contribution is -2.33. The van der Waals surface area contributed by atoms with E-state index in [2.05, 4.69) is 253 Å². The van der Waals surface area contributed by atoms with E-state index >= 15 is 0 Å². The van der Waals surface area contributed by atoms with Crippen LogP contribution in [0.3, 0.4) is 0 Å². The molecule has 11 rings (SSSR count). The summed E-state index contributed by atoms with van der Waals surface area (Å²) in [6.45, 7) is 0. The third-order valence-corrected chi connectivity index (χ3v) is 12.4. The van der Waals surface area contributed by atoms with Crippen LogP contribution in [0, 0.1) is 0 Å². The number of allylic oxidation sites excluding steroid dienone is 2. The average Bonchev–Trinajstić information content (AvgIpc) is 3.42. The second-order valence-corrected chi connectivity index (χ2v) is 16.6. The van der Waals surface area contributed by atoms with Crippen LogP contribution in [0.4, 0.5) is 0 Å². The standard InChI is InChI=1S/C62H46N4/c1-7-20-43(21-8-1)44-34-38-51(39-35-44)61-64-60(50-30-17-6-18-31-50)65-62(66-61)52-40-36-45(37-41-52)53-32-19-33-54(42-53)55-56(46-22-9-2-10-23-46)58(48-26-13-4-14-27-48)63-59(49-28-15-5-16-29-49)57(55)47-24-11-3-12-25-47/h1-42,58,60,63H,(H,64,65,66). The highest BCUT2D eigenvalue weighted by atomic mass is 15.2. The summed E-state index contributed by atoms with van der Waals surface area (Å²) >= 11 is 0. The van der Waals surface area contributed by atoms with Gasteiger partial charge in [0.05, 0.1) is 11.7 Å². The molecule has 0 amide bonds. The Morgan fingerprint density at radius 1 is 0.303 bits per heavy atom. The van der Waals surface area contributed by atoms with Gasteiger partial charge in [-0.05, 0) is 72.8 Å². The fourth-order valence-corrected chi connectivity index (χ4v) is 9.19. The van der Waals surface area contributed by atoms with Crippen molar-refractivity contribution in [3.8, 4) is 22.3 Å². The fraction of sp³-hybridized carbons (Fsp3) is 0.0323. The lowest BCUT2D eigenvalue weighted by Gasteiger charge is -2.36. The van der Waals surface area contributed by atoms with Crippen LogP contribution in [0.15, 0.2) is 265 Å². The smallest absolute Gasteiger partial charge is 0.159 e. The van der Waals surface area contributed by atoms with Crippen molar-refractivity contribution >= 4 is 34.1 Å². The normalized spacial score (nSPS) is 15.9. The maximum atomic E-state index is 5.18. The summed E-state index contributed by atoms with van der Waals surface area (Å²) in [5, 5.41) is 7.73. The van der Waals surface area contributed by atoms with Crippen molar-refractivity contribution in [1.29, 1.82) is 0 Å². The van der Waals surface area contributed by atoms with Gasteiger partial charge in [-0.2, -0.15) is 0 Å². The summed E-state index contributed by atoms with van der Waals surface area (Å²) < 4.78 is 0. The SMILES string of the molecule is c1ccc(C2=C(c3ccccc3)C(c3cccc(-c4ccc(C5=NC(c6ccccc6)NC(c6ccc(-c7ccccc7)cc6)=N5)cc4)c3)=C(c3ccccc3)C(c3ccccc3)N2)cc1. The number of rotatable bonds is 10. The van der Waals surface area contributed by atoms with Gasteiger partial charge in [0.25, 0.3) is 0 Å². The van der Waals surface area contributed by atoms with E-state index in [4.69, 9.17) is 9.98 Å². The zero-order valence-corrected chi connectivity index (χ0v) is 36.3. The zero-order chi connectivity index (χ0) is 44.1. The van der Waals surface area contributed by atoms with Gasteiger partial charge >= 0.3 is 0 Å². The van der Waals surface area contributed by atoms with E-state index in [1.165, 1.54) is 33.4 Å². The molecule has 66 heavy (non-hydrogen) atoms. The van der Waals surface area contributed by atoms with Crippen LogP contribution in [0.25, 0.3) is 44.7 Å². The Hall–Kier alpha value is -8.60. The predicted molar refractivity (Wildman–Crippen MR) is 274 cm³/mol. The molecular weight excluding hydrogens is 801 g/mol. The molecule has 2 aliphatic rings. The Kier molecular flexibility index (Phi) is 11.1. The van der Waals surface area contributed by atoms with Crippen molar-refractivity contribution in [2.45, 2.75) is 12.2 Å². The Bertz CT molecular complexity index is 3230. The van der Waals surface area contributed by atoms with E-state index in [1.54, 1.807) is 0 Å². The van der Waals surface area contributed by atoms with Crippen molar-refractivity contribution in [1.82, 2.24) is 10.6 Å². The van der Waals surface area contributed by atoms with Crippen molar-refractivity contribution in [3.05, 3.63) is 299 Å². The molecule has 2 heterocycles. The third-order valence-electron chi connectivity index (χ3n) is 12.4. The molecule has 314 valence electrons. The minimum Gasteiger partial charge on any atom is -0.373 e. The molecule has 9 aromatic rings. The second-order valence-electron chi connectivity index (χ2n) is 16.6. The van der Waals surface area contributed by atoms with Crippen molar-refractivity contribution in [2.75, 3.05) is 0 Å². The maximum absolute atomic E-state index is 5.18. The molecule has 0 saturated carbocycles. The summed E-state index contributed by atoms with van der Waals surface area (Å²) in [5.41, 5.74) is 18.1. The maximum Gasteiger partial charge on any atom is 0.159 e. The van der Waals surface area contributed by atoms with E-state index in [9.17, 15) is 0 Å². The molecule has 0 radical (unpaired) electrons. The molecule has 0 saturated heterocycles. The highest BCUT2D eigenvalue weighted by Crippen LogP contribution is 2.50. The van der Waals surface area contributed by atoms with Crippen LogP contribution in [-0.2, 0) is 0 Å². The van der Waals surface area contributed by atoms with E-state index in [0.717, 1.165) is 61.6 Å². The molecule has 2 N–H and O–H groups in total. The van der Waals surface area contributed by atoms with Gasteiger partial charge in [-0.15, -0.1) is 0 Å². The number of nitrogens with zero attached hydrogens (tertiary/aromatic N) is 2. The fourth-order valence-electron chi connectivity index (χ4n) is 9.19. The number of hydrogen-bond donors (Lipinski definition) is 2. The van der Waals surface area contributed by atoms with E-state index in [-0.39, 0.29) is 12.2 Å². The minimum absolute atomic E-state index is 0.119. The summed E-state index contributed by atoms with van der Waals surface area (Å²) in [6.07, 6.45) is -0.289. The lowest BCUT2D eigenvalue weighted by atomic mass is 9.76. The van der Waals surface area contributed by atoms with Gasteiger partial charge in [-0.3, -0.25) is 0 Å². The highest BCUT2D eigenvalue weighted by molar-refractivity contribution is 6.24. The number of hydrogen-bond acceptors (Lipinski definition) is 4. The zero-order valence-electron chi connectivity index (χ0n) is 36.3. The second kappa shape index (κ2) is 18.2. The topological polar surface area (TPSA) is 48.8 Å². The molecule has 2 atom stereocenters. The quantitative estimate of drug-likeness (QED) is 0.144. The number of nitrogens with one attached hydrogen (secondary N) is 2. The van der Waals surface area contributed by atoms with Crippen LogP contribution >= 0.6 is 0 Å². The monoisotopic (exact) mass is 846 g/mol. The van der Waals surface area contributed by atoms with Crippen LogP contribution in [0.2, 0.25) is 0 Å². The van der Waals surface area contributed by atoms with Gasteiger partial charge in [0, 0.05) is 16.7 Å². The van der Waals surface area contributed by atoms with Gasteiger partial charge in [-0.25, -0.2) is 9.98 Å². The Labute approximate surface area is 386 Å². The predicted octanol–water partition coefficient (Wildman–Crippen LogP) is 14.3. The molecule has 0 bridgehead atoms. The highest BCUT2D eigenvalue weighted by Gasteiger charge is 2.33. The van der Waals surface area contributed by atoms with Crippen LogP contribution in [0.5, 0.6) is 0 Å². The van der Waals surface area contributed by atoms with Crippen LogP contribution in [-0.4, -0.2) is 11.7 Å². The molecule has 2 aliphatic heterocycles. The van der Waals surface area contributed by atoms with Gasteiger partial charge in [-0.1, -0.05) is 249 Å². The minimum atomic E-state index is -0.289. The first kappa shape index (κ1) is 40.2. The molecule has 0 fully saturated rings. The molecule has 0 aliphatic carbocycles. The summed E-state index contributed by atoms with van der Waals surface area (Å²) in [5.74, 6) is 1.48. The largest absolute Gasteiger partial charge is 0.373 e. The Balaban J connectivity index is 1.02. The van der Waals surface area contributed by atoms with Crippen molar-refractivity contribution in [2.24, 2.45) is 9.98 Å². The molecule has 0 spiro atoms. The summed E-state index contributed by atoms with van der Waals surface area (Å²) in [4.78, 5) is 10.3. The molecule has 9 aromatic carbocycles. The van der Waals surface area contributed by atoms with Gasteiger partial charge < -0.3 is 10.6 Å². The Morgan fingerprint density at radius 2 is 0.742 bits per heavy atom.